The van der Waals surface area contributed by atoms with E-state index in [0.29, 0.717) is 24.0 Å². The van der Waals surface area contributed by atoms with E-state index in [0.717, 1.165) is 9.13 Å². The Labute approximate surface area is 238 Å². The molecule has 204 valence electrons. The van der Waals surface area contributed by atoms with E-state index in [4.69, 9.17) is 5.73 Å². The first-order chi connectivity index (χ1) is 18.4. The Balaban J connectivity index is 1.63. The fourth-order valence-corrected chi connectivity index (χ4v) is 7.30. The molecule has 0 heterocycles. The minimum Gasteiger partial charge on any atom is -0.508 e. The van der Waals surface area contributed by atoms with Gasteiger partial charge in [-0.05, 0) is 91.0 Å². The number of hydrogen-bond acceptors (Lipinski definition) is 8. The quantitative estimate of drug-likeness (QED) is 0.245. The van der Waals surface area contributed by atoms with Crippen LogP contribution in [0.5, 0.6) is 5.75 Å². The molecule has 1 saturated carbocycles. The average Bonchev–Trinajstić information content (AvgIpc) is 2.87. The van der Waals surface area contributed by atoms with Gasteiger partial charge < -0.3 is 26.2 Å². The molecule has 3 aliphatic carbocycles. The van der Waals surface area contributed by atoms with Crippen LogP contribution in [0, 0.1) is 15.4 Å². The number of nitrogens with two attached hydrogens (primary N) is 1. The maximum Gasteiger partial charge on any atom is 0.255 e. The van der Waals surface area contributed by atoms with Crippen LogP contribution < -0.4 is 5.73 Å². The molecule has 0 bridgehead atoms. The van der Waals surface area contributed by atoms with Crippen LogP contribution in [0.4, 0.5) is 0 Å². The second-order valence-electron chi connectivity index (χ2n) is 10.7. The molecule has 0 unspecified atom stereocenters. The van der Waals surface area contributed by atoms with Crippen LogP contribution in [0.3, 0.4) is 0 Å². The minimum absolute atomic E-state index is 0.0678. The third-order valence-electron chi connectivity index (χ3n) is 8.27. The number of likely N-dealkylation sites (N-methyl/N-ethyl adjacent to an activating group) is 1. The van der Waals surface area contributed by atoms with Crippen LogP contribution in [0.25, 0.3) is 5.76 Å². The highest BCUT2D eigenvalue weighted by molar-refractivity contribution is 14.1. The van der Waals surface area contributed by atoms with Gasteiger partial charge in [-0.1, -0.05) is 30.3 Å². The summed E-state index contributed by atoms with van der Waals surface area (Å²) in [6.45, 7) is 0. The number of carbonyl (C=O) groups is 3. The predicted octanol–water partition coefficient (Wildman–Crippen LogP) is 2.35. The number of fused-ring (bicyclic) bond motifs is 3. The first kappa shape index (κ1) is 27.4. The molecule has 2 aromatic carbocycles. The third-order valence-corrected chi connectivity index (χ3v) is 9.23. The number of aromatic hydroxyl groups is 1. The van der Waals surface area contributed by atoms with Gasteiger partial charge in [0.25, 0.3) is 5.91 Å². The second-order valence-corrected chi connectivity index (χ2v) is 11.8. The largest absolute Gasteiger partial charge is 0.508 e. The number of benzene rings is 2. The monoisotopic (exact) mass is 644 g/mol. The molecule has 5 rings (SSSR count). The molecule has 2 aromatic rings. The van der Waals surface area contributed by atoms with E-state index >= 15 is 0 Å². The number of primary amides is 1. The number of aliphatic hydroxyl groups is 3. The summed E-state index contributed by atoms with van der Waals surface area (Å²) in [5.41, 5.74) is 4.24. The van der Waals surface area contributed by atoms with Gasteiger partial charge in [0.15, 0.2) is 11.4 Å². The maximum absolute atomic E-state index is 14.0. The van der Waals surface area contributed by atoms with E-state index in [1.807, 2.05) is 36.4 Å². The number of halogens is 1. The Morgan fingerprint density at radius 3 is 2.41 bits per heavy atom. The summed E-state index contributed by atoms with van der Waals surface area (Å²) in [5.74, 6) is -6.41. The number of hydrogen-bond donors (Lipinski definition) is 5. The number of aryl methyl sites for hydroxylation is 2. The number of amides is 1. The molecular weight excluding hydrogens is 615 g/mol. The zero-order chi connectivity index (χ0) is 28.4. The Kier molecular flexibility index (Phi) is 6.84. The first-order valence-corrected chi connectivity index (χ1v) is 13.7. The molecule has 1 amide bonds. The van der Waals surface area contributed by atoms with Crippen LogP contribution in [0.2, 0.25) is 0 Å². The molecule has 0 aliphatic heterocycles. The first-order valence-electron chi connectivity index (χ1n) is 12.6. The summed E-state index contributed by atoms with van der Waals surface area (Å²) in [7, 11) is 3.15. The van der Waals surface area contributed by atoms with Gasteiger partial charge in [0, 0.05) is 15.1 Å². The Morgan fingerprint density at radius 2 is 1.79 bits per heavy atom. The summed E-state index contributed by atoms with van der Waals surface area (Å²) in [5, 5.41) is 45.4. The summed E-state index contributed by atoms with van der Waals surface area (Å²) in [4.78, 5) is 40.7. The van der Waals surface area contributed by atoms with Crippen molar-refractivity contribution in [3.8, 4) is 5.75 Å². The van der Waals surface area contributed by atoms with E-state index in [-0.39, 0.29) is 29.7 Å². The number of phenols is 1. The van der Waals surface area contributed by atoms with Gasteiger partial charge in [0.1, 0.15) is 22.8 Å². The standard InChI is InChI=1S/C29H29IN2O7/c1-32(2)22-17-11-15-10-16-18(30)12-14(9-8-13-6-4-3-5-7-13)23(33)20(16)24(34)19(15)26(36)29(17,39)27(37)21(25(22)35)28(31)38/h3-7,12,15,17,22,33-34,37,39H,8-11H2,1-2H3,(H2,31,38)/t15-,17-,22-,29-/m0/s1. The summed E-state index contributed by atoms with van der Waals surface area (Å²) in [6, 6.07) is 10.5. The zero-order valence-electron chi connectivity index (χ0n) is 21.4. The molecule has 39 heavy (non-hydrogen) atoms. The van der Waals surface area contributed by atoms with Crippen LogP contribution in [0.15, 0.2) is 53.3 Å². The van der Waals surface area contributed by atoms with Gasteiger partial charge >= 0.3 is 0 Å². The van der Waals surface area contributed by atoms with Crippen molar-refractivity contribution in [3.05, 3.63) is 79.1 Å². The smallest absolute Gasteiger partial charge is 0.255 e. The second kappa shape index (κ2) is 9.76. The van der Waals surface area contributed by atoms with Crippen molar-refractivity contribution in [1.29, 1.82) is 0 Å². The van der Waals surface area contributed by atoms with Gasteiger partial charge in [-0.2, -0.15) is 0 Å². The van der Waals surface area contributed by atoms with E-state index in [2.05, 4.69) is 22.6 Å². The van der Waals surface area contributed by atoms with Crippen molar-refractivity contribution in [2.75, 3.05) is 14.1 Å². The molecule has 4 atom stereocenters. The maximum atomic E-state index is 14.0. The molecule has 9 nitrogen and oxygen atoms in total. The lowest BCUT2D eigenvalue weighted by Crippen LogP contribution is -2.65. The Bertz CT molecular complexity index is 1480. The number of ketones is 2. The molecule has 0 radical (unpaired) electrons. The SMILES string of the molecule is CN(C)[C@@H]1C(=O)C(C(N)=O)=C(O)[C@@]2(O)C(=O)C3=C(O)c4c(O)c(CCc5ccccc5)cc(I)c4C[C@H]3C[C@@H]12. The van der Waals surface area contributed by atoms with Crippen LogP contribution in [-0.2, 0) is 33.6 Å². The molecule has 10 heteroatoms. The summed E-state index contributed by atoms with van der Waals surface area (Å²) in [6.07, 6.45) is 1.49. The highest BCUT2D eigenvalue weighted by atomic mass is 127. The zero-order valence-corrected chi connectivity index (χ0v) is 23.6. The number of carbonyl (C=O) groups excluding carboxylic acids is 3. The number of phenolic OH excluding ortho intramolecular Hbond substituents is 1. The molecular formula is C29H29IN2O7. The minimum atomic E-state index is -2.64. The van der Waals surface area contributed by atoms with Gasteiger partial charge in [-0.25, -0.2) is 0 Å². The van der Waals surface area contributed by atoms with E-state index in [1.54, 1.807) is 14.1 Å². The van der Waals surface area contributed by atoms with Crippen molar-refractivity contribution in [3.63, 3.8) is 0 Å². The van der Waals surface area contributed by atoms with E-state index in [9.17, 15) is 34.8 Å². The Hall–Kier alpha value is -3.22. The van der Waals surface area contributed by atoms with Crippen molar-refractivity contribution in [1.82, 2.24) is 4.90 Å². The molecule has 0 aromatic heterocycles. The summed E-state index contributed by atoms with van der Waals surface area (Å²) < 4.78 is 0.810. The highest BCUT2D eigenvalue weighted by Crippen LogP contribution is 2.53. The van der Waals surface area contributed by atoms with Gasteiger partial charge in [0.05, 0.1) is 11.6 Å². The molecule has 3 aliphatic rings. The van der Waals surface area contributed by atoms with Gasteiger partial charge in [-0.3, -0.25) is 19.3 Å². The average molecular weight is 644 g/mol. The molecule has 6 N–H and O–H groups in total. The van der Waals surface area contributed by atoms with Gasteiger partial charge in [-0.15, -0.1) is 0 Å². The van der Waals surface area contributed by atoms with Crippen molar-refractivity contribution < 1.29 is 34.8 Å². The van der Waals surface area contributed by atoms with Gasteiger partial charge in [0.2, 0.25) is 5.78 Å². The lowest BCUT2D eigenvalue weighted by Gasteiger charge is -2.50. The van der Waals surface area contributed by atoms with Crippen LogP contribution in [-0.4, -0.2) is 68.5 Å². The number of aliphatic hydroxyl groups excluding tert-OH is 2. The fraction of sp³-hybridized carbons (Fsp3) is 0.345. The molecule has 0 saturated heterocycles. The number of rotatable bonds is 5. The van der Waals surface area contributed by atoms with E-state index in [1.165, 1.54) is 4.90 Å². The van der Waals surface area contributed by atoms with Crippen molar-refractivity contribution in [2.24, 2.45) is 17.6 Å². The third kappa shape index (κ3) is 4.07. The fourth-order valence-electron chi connectivity index (χ4n) is 6.43. The predicted molar refractivity (Wildman–Crippen MR) is 151 cm³/mol. The van der Waals surface area contributed by atoms with E-state index < -0.39 is 58.0 Å². The normalized spacial score (nSPS) is 26.4. The van der Waals surface area contributed by atoms with Crippen molar-refractivity contribution >= 4 is 45.8 Å². The lowest BCUT2D eigenvalue weighted by atomic mass is 9.57. The number of nitrogens with zero attached hydrogens (tertiary/aromatic N) is 1. The molecule has 1 fully saturated rings. The lowest BCUT2D eigenvalue weighted by molar-refractivity contribution is -0.153. The summed E-state index contributed by atoms with van der Waals surface area (Å²) >= 11 is 2.15. The van der Waals surface area contributed by atoms with Crippen molar-refractivity contribution in [2.45, 2.75) is 37.3 Å². The van der Waals surface area contributed by atoms with Crippen LogP contribution >= 0.6 is 22.6 Å². The highest BCUT2D eigenvalue weighted by Gasteiger charge is 2.64. The number of Topliss-reactive ketones (excluding diaryl/α,β-unsaturated/α-hetero) is 2. The molecule has 0 spiro atoms. The van der Waals surface area contributed by atoms with Crippen LogP contribution in [0.1, 0.15) is 28.7 Å². The Morgan fingerprint density at radius 1 is 1.13 bits per heavy atom. The topological polar surface area (TPSA) is 161 Å².